The van der Waals surface area contributed by atoms with Crippen LogP contribution in [-0.4, -0.2) is 31.4 Å². The predicted molar refractivity (Wildman–Crippen MR) is 75.8 cm³/mol. The van der Waals surface area contributed by atoms with E-state index in [1.54, 1.807) is 11.8 Å². The number of rotatable bonds is 7. The van der Waals surface area contributed by atoms with E-state index in [0.717, 1.165) is 16.3 Å². The first-order chi connectivity index (χ1) is 8.69. The molecule has 1 aromatic rings. The molecule has 0 heterocycles. The number of amides is 1. The van der Waals surface area contributed by atoms with Gasteiger partial charge in [0.2, 0.25) is 5.91 Å². The highest BCUT2D eigenvalue weighted by Crippen LogP contribution is 2.26. The molecular weight excluding hydrogens is 248 g/mol. The number of hydrogen-bond donors (Lipinski definition) is 2. The summed E-state index contributed by atoms with van der Waals surface area (Å²) in [5, 5.41) is 2.80. The number of methoxy groups -OCH3 is 1. The molecular formula is C13H18N2O2S. The highest BCUT2D eigenvalue weighted by Gasteiger charge is 2.14. The number of hydrogen-bond acceptors (Lipinski definition) is 4. The Balaban J connectivity index is 2.70. The molecule has 0 saturated carbocycles. The predicted octanol–water partition coefficient (Wildman–Crippen LogP) is 1.88. The molecule has 0 fully saturated rings. The Morgan fingerprint density at radius 2 is 2.33 bits per heavy atom. The largest absolute Gasteiger partial charge is 0.383 e. The lowest BCUT2D eigenvalue weighted by Gasteiger charge is -2.13. The van der Waals surface area contributed by atoms with Gasteiger partial charge < -0.3 is 15.8 Å². The molecule has 4 nitrogen and oxygen atoms in total. The highest BCUT2D eigenvalue weighted by atomic mass is 32.2. The van der Waals surface area contributed by atoms with Gasteiger partial charge >= 0.3 is 0 Å². The maximum atomic E-state index is 11.8. The van der Waals surface area contributed by atoms with Gasteiger partial charge in [0.15, 0.2) is 0 Å². The van der Waals surface area contributed by atoms with Gasteiger partial charge in [-0.2, -0.15) is 0 Å². The van der Waals surface area contributed by atoms with Crippen LogP contribution in [0.4, 0.5) is 5.69 Å². The summed E-state index contributed by atoms with van der Waals surface area (Å²) in [5.41, 5.74) is 6.43. The molecule has 1 unspecified atom stereocenters. The van der Waals surface area contributed by atoms with Crippen LogP contribution in [0, 0.1) is 0 Å². The molecule has 1 atom stereocenters. The van der Waals surface area contributed by atoms with Gasteiger partial charge in [0.1, 0.15) is 6.04 Å². The number of carbonyl (C=O) groups is 1. The molecule has 1 aromatic carbocycles. The Morgan fingerprint density at radius 3 is 3.00 bits per heavy atom. The van der Waals surface area contributed by atoms with E-state index in [1.807, 2.05) is 30.3 Å². The van der Waals surface area contributed by atoms with Gasteiger partial charge in [0, 0.05) is 17.8 Å². The summed E-state index contributed by atoms with van der Waals surface area (Å²) in [6, 6.07) is 6.94. The number of anilines is 1. The van der Waals surface area contributed by atoms with Crippen molar-refractivity contribution < 1.29 is 9.53 Å². The molecule has 98 valence electrons. The molecule has 1 rings (SSSR count). The average Bonchev–Trinajstić information content (AvgIpc) is 2.38. The van der Waals surface area contributed by atoms with E-state index in [9.17, 15) is 4.79 Å². The summed E-state index contributed by atoms with van der Waals surface area (Å²) in [7, 11) is 1.51. The van der Waals surface area contributed by atoms with Gasteiger partial charge in [0.25, 0.3) is 0 Å². The molecule has 0 aromatic heterocycles. The SMILES string of the molecule is C=CCSc1ccccc1NC(=O)C(N)COC. The molecule has 0 spiro atoms. The smallest absolute Gasteiger partial charge is 0.243 e. The number of thioether (sulfide) groups is 1. The number of nitrogens with one attached hydrogen (secondary N) is 1. The third kappa shape index (κ3) is 4.52. The van der Waals surface area contributed by atoms with Gasteiger partial charge in [-0.15, -0.1) is 18.3 Å². The van der Waals surface area contributed by atoms with Crippen molar-refractivity contribution in [2.24, 2.45) is 5.73 Å². The zero-order valence-corrected chi connectivity index (χ0v) is 11.2. The zero-order chi connectivity index (χ0) is 13.4. The summed E-state index contributed by atoms with van der Waals surface area (Å²) in [6.07, 6.45) is 1.82. The maximum Gasteiger partial charge on any atom is 0.243 e. The lowest BCUT2D eigenvalue weighted by atomic mass is 10.2. The molecule has 0 aliphatic heterocycles. The molecule has 18 heavy (non-hydrogen) atoms. The van der Waals surface area contributed by atoms with Crippen LogP contribution < -0.4 is 11.1 Å². The van der Waals surface area contributed by atoms with E-state index in [2.05, 4.69) is 11.9 Å². The first-order valence-electron chi connectivity index (χ1n) is 5.57. The van der Waals surface area contributed by atoms with Gasteiger partial charge in [-0.05, 0) is 12.1 Å². The number of ether oxygens (including phenoxy) is 1. The van der Waals surface area contributed by atoms with Crippen LogP contribution in [0.15, 0.2) is 41.8 Å². The fraction of sp³-hybridized carbons (Fsp3) is 0.308. The third-order valence-corrected chi connectivity index (χ3v) is 3.25. The second-order valence-electron chi connectivity index (χ2n) is 3.65. The van der Waals surface area contributed by atoms with E-state index >= 15 is 0 Å². The Labute approximate surface area is 112 Å². The minimum atomic E-state index is -0.660. The van der Waals surface area contributed by atoms with E-state index < -0.39 is 6.04 Å². The van der Waals surface area contributed by atoms with Crippen molar-refractivity contribution >= 4 is 23.4 Å². The number of para-hydroxylation sites is 1. The summed E-state index contributed by atoms with van der Waals surface area (Å²) in [5.74, 6) is 0.542. The van der Waals surface area contributed by atoms with Crippen molar-refractivity contribution in [2.75, 3.05) is 24.8 Å². The van der Waals surface area contributed by atoms with Crippen molar-refractivity contribution in [1.82, 2.24) is 0 Å². The van der Waals surface area contributed by atoms with Crippen molar-refractivity contribution in [3.63, 3.8) is 0 Å². The van der Waals surface area contributed by atoms with Crippen LogP contribution in [0.1, 0.15) is 0 Å². The number of nitrogens with two attached hydrogens (primary N) is 1. The van der Waals surface area contributed by atoms with Crippen molar-refractivity contribution in [1.29, 1.82) is 0 Å². The summed E-state index contributed by atoms with van der Waals surface area (Å²) < 4.78 is 4.85. The molecule has 0 bridgehead atoms. The lowest BCUT2D eigenvalue weighted by molar-refractivity contribution is -0.118. The zero-order valence-electron chi connectivity index (χ0n) is 10.4. The molecule has 0 aliphatic carbocycles. The van der Waals surface area contributed by atoms with Gasteiger partial charge in [-0.25, -0.2) is 0 Å². The van der Waals surface area contributed by atoms with Crippen molar-refractivity contribution in [3.05, 3.63) is 36.9 Å². The van der Waals surface area contributed by atoms with Crippen LogP contribution in [0.3, 0.4) is 0 Å². The highest BCUT2D eigenvalue weighted by molar-refractivity contribution is 7.99. The van der Waals surface area contributed by atoms with E-state index in [1.165, 1.54) is 7.11 Å². The van der Waals surface area contributed by atoms with E-state index in [0.29, 0.717) is 0 Å². The summed E-state index contributed by atoms with van der Waals surface area (Å²) in [4.78, 5) is 12.8. The van der Waals surface area contributed by atoms with Crippen LogP contribution >= 0.6 is 11.8 Å². The summed E-state index contributed by atoms with van der Waals surface area (Å²) in [6.45, 7) is 3.88. The molecule has 3 N–H and O–H groups in total. The van der Waals surface area contributed by atoms with Gasteiger partial charge in [0.05, 0.1) is 12.3 Å². The summed E-state index contributed by atoms with van der Waals surface area (Å²) >= 11 is 1.61. The van der Waals surface area contributed by atoms with Gasteiger partial charge in [-0.1, -0.05) is 18.2 Å². The first kappa shape index (κ1) is 14.8. The van der Waals surface area contributed by atoms with Crippen LogP contribution in [-0.2, 0) is 9.53 Å². The normalized spacial score (nSPS) is 11.9. The standard InChI is InChI=1S/C13H18N2O2S/c1-3-8-18-12-7-5-4-6-11(12)15-13(16)10(14)9-17-2/h3-7,10H,1,8-9,14H2,2H3,(H,15,16). The van der Waals surface area contributed by atoms with Crippen LogP contribution in [0.25, 0.3) is 0 Å². The molecule has 0 radical (unpaired) electrons. The fourth-order valence-corrected chi connectivity index (χ4v) is 2.07. The molecule has 5 heteroatoms. The third-order valence-electron chi connectivity index (χ3n) is 2.18. The Bertz CT molecular complexity index is 410. The average molecular weight is 266 g/mol. The lowest BCUT2D eigenvalue weighted by Crippen LogP contribution is -2.39. The van der Waals surface area contributed by atoms with Crippen LogP contribution in [0.2, 0.25) is 0 Å². The second kappa shape index (κ2) is 7.92. The Morgan fingerprint density at radius 1 is 1.61 bits per heavy atom. The van der Waals surface area contributed by atoms with E-state index in [-0.39, 0.29) is 12.5 Å². The van der Waals surface area contributed by atoms with Gasteiger partial charge in [-0.3, -0.25) is 4.79 Å². The monoisotopic (exact) mass is 266 g/mol. The van der Waals surface area contributed by atoms with Crippen molar-refractivity contribution in [2.45, 2.75) is 10.9 Å². The molecule has 1 amide bonds. The minimum Gasteiger partial charge on any atom is -0.383 e. The maximum absolute atomic E-state index is 11.8. The quantitative estimate of drug-likeness (QED) is 0.584. The fourth-order valence-electron chi connectivity index (χ4n) is 1.33. The number of carbonyl (C=O) groups excluding carboxylic acids is 1. The minimum absolute atomic E-state index is 0.202. The van der Waals surface area contributed by atoms with Crippen LogP contribution in [0.5, 0.6) is 0 Å². The Hall–Kier alpha value is -1.30. The molecule has 0 aliphatic rings. The molecule has 0 saturated heterocycles. The number of benzene rings is 1. The Kier molecular flexibility index (Phi) is 6.49. The second-order valence-corrected chi connectivity index (χ2v) is 4.71. The van der Waals surface area contributed by atoms with E-state index in [4.69, 9.17) is 10.5 Å². The van der Waals surface area contributed by atoms with Crippen molar-refractivity contribution in [3.8, 4) is 0 Å². The first-order valence-corrected chi connectivity index (χ1v) is 6.55. The topological polar surface area (TPSA) is 64.4 Å².